The predicted molar refractivity (Wildman–Crippen MR) is 75.4 cm³/mol. The van der Waals surface area contributed by atoms with Gasteiger partial charge < -0.3 is 9.84 Å². The smallest absolute Gasteiger partial charge is 0.128 e. The van der Waals surface area contributed by atoms with Crippen LogP contribution in [0.3, 0.4) is 0 Å². The van der Waals surface area contributed by atoms with Gasteiger partial charge >= 0.3 is 0 Å². The molecule has 0 heterocycles. The maximum atomic E-state index is 13.3. The maximum Gasteiger partial charge on any atom is 0.128 e. The molecule has 0 saturated heterocycles. The summed E-state index contributed by atoms with van der Waals surface area (Å²) in [6.07, 6.45) is 0.328. The van der Waals surface area contributed by atoms with Crippen LogP contribution in [0.2, 0.25) is 0 Å². The highest BCUT2D eigenvalue weighted by molar-refractivity contribution is 5.41. The van der Waals surface area contributed by atoms with Crippen molar-refractivity contribution in [3.63, 3.8) is 0 Å². The lowest BCUT2D eigenvalue weighted by molar-refractivity contribution is 0.188. The molecule has 2 nitrogen and oxygen atoms in total. The van der Waals surface area contributed by atoms with Gasteiger partial charge in [-0.1, -0.05) is 24.3 Å². The summed E-state index contributed by atoms with van der Waals surface area (Å²) in [4.78, 5) is 0. The molecule has 2 aromatic rings. The predicted octanol–water partition coefficient (Wildman–Crippen LogP) is 3.60. The van der Waals surface area contributed by atoms with Crippen LogP contribution >= 0.6 is 0 Å². The number of rotatable bonds is 4. The lowest BCUT2D eigenvalue weighted by Crippen LogP contribution is -2.23. The number of halogens is 1. The third-order valence-corrected chi connectivity index (χ3v) is 3.83. The molecular formula is C17H17FO2. The first-order valence-electron chi connectivity index (χ1n) is 6.83. The molecule has 0 aliphatic heterocycles. The summed E-state index contributed by atoms with van der Waals surface area (Å²) in [6.45, 7) is 2.17. The Bertz CT molecular complexity index is 622. The summed E-state index contributed by atoms with van der Waals surface area (Å²) < 4.78 is 19.0. The third kappa shape index (κ3) is 2.41. The molecule has 0 saturated carbocycles. The Balaban J connectivity index is 1.72. The molecule has 0 radical (unpaired) electrons. The Labute approximate surface area is 117 Å². The van der Waals surface area contributed by atoms with Crippen LogP contribution in [0.4, 0.5) is 4.39 Å². The minimum absolute atomic E-state index is 0.349. The molecule has 3 rings (SSSR count). The van der Waals surface area contributed by atoms with Crippen LogP contribution in [0.15, 0.2) is 42.5 Å². The highest BCUT2D eigenvalue weighted by atomic mass is 19.1. The number of benzene rings is 2. The highest BCUT2D eigenvalue weighted by Crippen LogP contribution is 2.36. The fraction of sp³-hybridized carbons (Fsp3) is 0.294. The molecule has 2 aromatic carbocycles. The van der Waals surface area contributed by atoms with Crippen molar-refractivity contribution in [2.45, 2.75) is 25.4 Å². The monoisotopic (exact) mass is 272 g/mol. The number of hydrogen-bond acceptors (Lipinski definition) is 2. The van der Waals surface area contributed by atoms with Crippen LogP contribution in [-0.4, -0.2) is 11.7 Å². The average molecular weight is 272 g/mol. The maximum absolute atomic E-state index is 13.3. The summed E-state index contributed by atoms with van der Waals surface area (Å²) in [5.41, 5.74) is 3.29. The number of ether oxygens (including phenoxy) is 1. The molecule has 1 aliphatic carbocycles. The van der Waals surface area contributed by atoms with Crippen molar-refractivity contribution in [3.05, 3.63) is 65.0 Å². The molecule has 2 atom stereocenters. The summed E-state index contributed by atoms with van der Waals surface area (Å²) in [7, 11) is 0. The third-order valence-electron chi connectivity index (χ3n) is 3.83. The van der Waals surface area contributed by atoms with E-state index in [4.69, 9.17) is 4.74 Å². The van der Waals surface area contributed by atoms with E-state index in [1.807, 2.05) is 12.1 Å². The van der Waals surface area contributed by atoms with Crippen molar-refractivity contribution in [1.82, 2.24) is 0 Å². The molecule has 3 heteroatoms. The molecule has 0 amide bonds. The van der Waals surface area contributed by atoms with Crippen molar-refractivity contribution in [2.24, 2.45) is 0 Å². The summed E-state index contributed by atoms with van der Waals surface area (Å²) >= 11 is 0. The molecule has 0 aromatic heterocycles. The second kappa shape index (κ2) is 5.25. The van der Waals surface area contributed by atoms with Crippen molar-refractivity contribution in [2.75, 3.05) is 6.61 Å². The quantitative estimate of drug-likeness (QED) is 0.921. The molecule has 1 unspecified atom stereocenters. The van der Waals surface area contributed by atoms with Crippen molar-refractivity contribution in [1.29, 1.82) is 0 Å². The molecule has 20 heavy (non-hydrogen) atoms. The zero-order valence-corrected chi connectivity index (χ0v) is 11.3. The second-order valence-corrected chi connectivity index (χ2v) is 5.27. The van der Waals surface area contributed by atoms with Crippen molar-refractivity contribution < 1.29 is 14.2 Å². The van der Waals surface area contributed by atoms with Gasteiger partial charge in [-0.25, -0.2) is 4.39 Å². The topological polar surface area (TPSA) is 29.5 Å². The molecular weight excluding hydrogens is 255 g/mol. The van der Waals surface area contributed by atoms with E-state index in [-0.39, 0.29) is 5.82 Å². The van der Waals surface area contributed by atoms with Crippen molar-refractivity contribution in [3.8, 4) is 5.75 Å². The van der Waals surface area contributed by atoms with Crippen LogP contribution in [-0.2, 0) is 6.42 Å². The lowest BCUT2D eigenvalue weighted by atomic mass is 9.78. The minimum Gasteiger partial charge on any atom is -0.492 e. The SMILES string of the molecule is C[C@H](O)c1ccc(F)cc1OCC1Cc2ccccc21. The standard InChI is InChI=1S/C17H17FO2/c1-11(19)15-7-6-14(18)9-17(15)20-10-13-8-12-4-2-3-5-16(12)13/h2-7,9,11,13,19H,8,10H2,1H3/t11-,13?/m0/s1. The van der Waals surface area contributed by atoms with Gasteiger partial charge in [0, 0.05) is 17.5 Å². The van der Waals surface area contributed by atoms with E-state index in [1.165, 1.54) is 23.3 Å². The molecule has 1 N–H and O–H groups in total. The van der Waals surface area contributed by atoms with Crippen LogP contribution in [0, 0.1) is 5.82 Å². The fourth-order valence-electron chi connectivity index (χ4n) is 2.68. The van der Waals surface area contributed by atoms with Gasteiger partial charge in [0.05, 0.1) is 12.7 Å². The van der Waals surface area contributed by atoms with E-state index in [9.17, 15) is 9.50 Å². The summed E-state index contributed by atoms with van der Waals surface area (Å²) in [5, 5.41) is 9.69. The normalized spacial score (nSPS) is 18.1. The minimum atomic E-state index is -0.667. The van der Waals surface area contributed by atoms with E-state index in [1.54, 1.807) is 13.0 Å². The number of fused-ring (bicyclic) bond motifs is 1. The first-order chi connectivity index (χ1) is 9.65. The number of hydrogen-bond donors (Lipinski definition) is 1. The number of aliphatic hydroxyl groups excluding tert-OH is 1. The zero-order chi connectivity index (χ0) is 14.1. The van der Waals surface area contributed by atoms with Crippen molar-refractivity contribution >= 4 is 0 Å². The van der Waals surface area contributed by atoms with Gasteiger partial charge in [0.15, 0.2) is 0 Å². The Morgan fingerprint density at radius 2 is 2.10 bits per heavy atom. The van der Waals surface area contributed by atoms with E-state index in [0.717, 1.165) is 6.42 Å². The van der Waals surface area contributed by atoms with Gasteiger partial charge in [0.25, 0.3) is 0 Å². The van der Waals surface area contributed by atoms with Crippen LogP contribution in [0.25, 0.3) is 0 Å². The largest absolute Gasteiger partial charge is 0.492 e. The van der Waals surface area contributed by atoms with Gasteiger partial charge in [0.1, 0.15) is 11.6 Å². The molecule has 1 aliphatic rings. The second-order valence-electron chi connectivity index (χ2n) is 5.27. The first kappa shape index (κ1) is 13.1. The van der Waals surface area contributed by atoms with E-state index < -0.39 is 6.10 Å². The van der Waals surface area contributed by atoms with Crippen LogP contribution in [0.1, 0.15) is 35.6 Å². The Kier molecular flexibility index (Phi) is 3.45. The van der Waals surface area contributed by atoms with Gasteiger partial charge in [-0.2, -0.15) is 0 Å². The molecule has 0 spiro atoms. The Morgan fingerprint density at radius 3 is 2.85 bits per heavy atom. The molecule has 104 valence electrons. The summed E-state index contributed by atoms with van der Waals surface area (Å²) in [5.74, 6) is 0.444. The van der Waals surface area contributed by atoms with Gasteiger partial charge in [-0.3, -0.25) is 0 Å². The van der Waals surface area contributed by atoms with Gasteiger partial charge in [0.2, 0.25) is 0 Å². The van der Waals surface area contributed by atoms with Crippen LogP contribution < -0.4 is 4.74 Å². The van der Waals surface area contributed by atoms with Gasteiger partial charge in [-0.05, 0) is 36.6 Å². The lowest BCUT2D eigenvalue weighted by Gasteiger charge is -2.30. The highest BCUT2D eigenvalue weighted by Gasteiger charge is 2.26. The molecule has 0 fully saturated rings. The van der Waals surface area contributed by atoms with E-state index in [2.05, 4.69) is 12.1 Å². The first-order valence-corrected chi connectivity index (χ1v) is 6.83. The van der Waals surface area contributed by atoms with Crippen LogP contribution in [0.5, 0.6) is 5.75 Å². The molecule has 0 bridgehead atoms. The summed E-state index contributed by atoms with van der Waals surface area (Å²) in [6, 6.07) is 12.5. The Hall–Kier alpha value is -1.87. The zero-order valence-electron chi connectivity index (χ0n) is 11.3. The average Bonchev–Trinajstić information content (AvgIpc) is 2.39. The van der Waals surface area contributed by atoms with E-state index in [0.29, 0.717) is 23.8 Å². The fourth-order valence-corrected chi connectivity index (χ4v) is 2.68. The van der Waals surface area contributed by atoms with Gasteiger partial charge in [-0.15, -0.1) is 0 Å². The number of aliphatic hydroxyl groups is 1. The van der Waals surface area contributed by atoms with E-state index >= 15 is 0 Å². The Morgan fingerprint density at radius 1 is 1.30 bits per heavy atom.